The van der Waals surface area contributed by atoms with Crippen molar-refractivity contribution in [1.82, 2.24) is 0 Å². The van der Waals surface area contributed by atoms with Gasteiger partial charge in [0.25, 0.3) is 0 Å². The second kappa shape index (κ2) is 17.8. The van der Waals surface area contributed by atoms with Crippen molar-refractivity contribution in [2.24, 2.45) is 46.3 Å². The number of ether oxygens (including phenoxy) is 4. The summed E-state index contributed by atoms with van der Waals surface area (Å²) >= 11 is 0. The number of fused-ring (bicyclic) bond motifs is 5. The van der Waals surface area contributed by atoms with Crippen molar-refractivity contribution in [3.8, 4) is 0 Å². The fourth-order valence-electron chi connectivity index (χ4n) is 9.77. The molecular weight excluding hydrogens is 587 g/mol. The van der Waals surface area contributed by atoms with Crippen molar-refractivity contribution >= 4 is 10.1 Å². The smallest absolute Gasteiger partial charge is 0.748 e. The summed E-state index contributed by atoms with van der Waals surface area (Å²) in [7, 11) is -4.22. The molecule has 3 saturated carbocycles. The van der Waals surface area contributed by atoms with Gasteiger partial charge in [-0.2, -0.15) is 0 Å². The van der Waals surface area contributed by atoms with E-state index in [2.05, 4.69) is 40.7 Å². The SMILES string of the molecule is CC(C)CCC[C@@H](C)[C@H]1CC[C@H]2[C@@H]3CC=C4C[C@@H](OCCOCCOCCOCCS(=O)(=O)[O-])CC[C@]4(C)[C@H]3CC[C@]12C.[Na+]. The summed E-state index contributed by atoms with van der Waals surface area (Å²) in [6.07, 6.45) is 17.6. The molecular formula is C35H61NaO7S. The molecule has 0 amide bonds. The van der Waals surface area contributed by atoms with Gasteiger partial charge in [-0.15, -0.1) is 0 Å². The van der Waals surface area contributed by atoms with Gasteiger partial charge in [-0.25, -0.2) is 8.42 Å². The van der Waals surface area contributed by atoms with Crippen LogP contribution < -0.4 is 29.6 Å². The monoisotopic (exact) mass is 648 g/mol. The largest absolute Gasteiger partial charge is 1.00 e. The minimum absolute atomic E-state index is 0. The maximum atomic E-state index is 10.5. The Morgan fingerprint density at radius 1 is 0.864 bits per heavy atom. The van der Waals surface area contributed by atoms with E-state index in [0.29, 0.717) is 50.0 Å². The minimum Gasteiger partial charge on any atom is -0.748 e. The summed E-state index contributed by atoms with van der Waals surface area (Å²) < 4.78 is 54.0. The summed E-state index contributed by atoms with van der Waals surface area (Å²) in [5, 5.41) is 0. The molecule has 3 fully saturated rings. The molecule has 4 aliphatic rings. The third-order valence-corrected chi connectivity index (χ3v) is 12.7. The van der Waals surface area contributed by atoms with Gasteiger partial charge in [0.1, 0.15) is 0 Å². The van der Waals surface area contributed by atoms with Crippen LogP contribution in [0.1, 0.15) is 105 Å². The fraction of sp³-hybridized carbons (Fsp3) is 0.943. The summed E-state index contributed by atoms with van der Waals surface area (Å²) in [5.74, 6) is 4.72. The molecule has 250 valence electrons. The Hall–Kier alpha value is 0.490. The Kier molecular flexibility index (Phi) is 15.7. The standard InChI is InChI=1S/C35H62O7S.Na/c1-26(2)7-6-8-27(3)31-11-12-32-30-10-9-28-25-29(13-15-34(28,4)33(30)14-16-35(31,32)5)42-22-21-40-18-17-39-19-20-41-23-24-43(36,37)38;/h9,26-27,29-33H,6-8,10-25H2,1-5H3,(H,36,37,38);/q;+1/p-1/t27-,29+,30+,31-,32+,33+,34+,35-;/m1./s1. The van der Waals surface area contributed by atoms with E-state index in [4.69, 9.17) is 18.9 Å². The maximum Gasteiger partial charge on any atom is 1.00 e. The van der Waals surface area contributed by atoms with Gasteiger partial charge in [-0.05, 0) is 97.7 Å². The van der Waals surface area contributed by atoms with Crippen LogP contribution in [-0.4, -0.2) is 71.1 Å². The second-order valence-electron chi connectivity index (χ2n) is 15.1. The average molecular weight is 649 g/mol. The van der Waals surface area contributed by atoms with Crippen molar-refractivity contribution in [1.29, 1.82) is 0 Å². The van der Waals surface area contributed by atoms with Crippen molar-refractivity contribution < 1.29 is 61.5 Å². The van der Waals surface area contributed by atoms with E-state index in [0.717, 1.165) is 48.3 Å². The summed E-state index contributed by atoms with van der Waals surface area (Å²) in [4.78, 5) is 0. The molecule has 0 spiro atoms. The molecule has 0 radical (unpaired) electrons. The molecule has 0 saturated heterocycles. The Bertz CT molecular complexity index is 1000. The molecule has 0 heterocycles. The first-order valence-corrected chi connectivity index (χ1v) is 19.0. The van der Waals surface area contributed by atoms with Gasteiger partial charge in [0.15, 0.2) is 0 Å². The van der Waals surface area contributed by atoms with E-state index in [9.17, 15) is 13.0 Å². The van der Waals surface area contributed by atoms with Gasteiger partial charge in [0.05, 0.1) is 68.2 Å². The van der Waals surface area contributed by atoms with Gasteiger partial charge in [0, 0.05) is 0 Å². The molecule has 8 atom stereocenters. The molecule has 0 aliphatic heterocycles. The molecule has 0 aromatic rings. The van der Waals surface area contributed by atoms with Crippen LogP contribution in [0.3, 0.4) is 0 Å². The van der Waals surface area contributed by atoms with Gasteiger partial charge in [0.2, 0.25) is 0 Å². The van der Waals surface area contributed by atoms with Crippen LogP contribution in [-0.2, 0) is 29.1 Å². The zero-order valence-corrected chi connectivity index (χ0v) is 31.6. The van der Waals surface area contributed by atoms with Crippen LogP contribution in [0, 0.1) is 46.3 Å². The third kappa shape index (κ3) is 10.2. The van der Waals surface area contributed by atoms with E-state index in [1.54, 1.807) is 5.57 Å². The van der Waals surface area contributed by atoms with Gasteiger partial charge in [-0.3, -0.25) is 0 Å². The molecule has 0 unspecified atom stereocenters. The molecule has 9 heteroatoms. The van der Waals surface area contributed by atoms with E-state index in [1.165, 1.54) is 57.8 Å². The molecule has 44 heavy (non-hydrogen) atoms. The second-order valence-corrected chi connectivity index (χ2v) is 16.6. The van der Waals surface area contributed by atoms with Crippen LogP contribution in [0.25, 0.3) is 0 Å². The Labute approximate surface area is 291 Å². The van der Waals surface area contributed by atoms with Crippen molar-refractivity contribution in [3.05, 3.63) is 11.6 Å². The fourth-order valence-corrected chi connectivity index (χ4v) is 10.1. The van der Waals surface area contributed by atoms with Crippen LogP contribution in [0.5, 0.6) is 0 Å². The number of allylic oxidation sites excluding steroid dienone is 1. The molecule has 0 aromatic carbocycles. The molecule has 4 aliphatic carbocycles. The van der Waals surface area contributed by atoms with Crippen LogP contribution in [0.15, 0.2) is 11.6 Å². The third-order valence-electron chi connectivity index (χ3n) is 12.1. The minimum atomic E-state index is -4.22. The normalized spacial score (nSPS) is 34.1. The number of hydrogen-bond donors (Lipinski definition) is 0. The Balaban J connectivity index is 0.00000529. The topological polar surface area (TPSA) is 94.1 Å². The predicted molar refractivity (Wildman–Crippen MR) is 170 cm³/mol. The van der Waals surface area contributed by atoms with Crippen molar-refractivity contribution in [2.45, 2.75) is 111 Å². The molecule has 0 N–H and O–H groups in total. The number of hydrogen-bond acceptors (Lipinski definition) is 7. The Morgan fingerprint density at radius 2 is 1.52 bits per heavy atom. The summed E-state index contributed by atoms with van der Waals surface area (Å²) in [5.41, 5.74) is 2.57. The van der Waals surface area contributed by atoms with Crippen LogP contribution >= 0.6 is 0 Å². The van der Waals surface area contributed by atoms with E-state index < -0.39 is 15.9 Å². The molecule has 0 aromatic heterocycles. The summed E-state index contributed by atoms with van der Waals surface area (Å²) in [6, 6.07) is 0. The number of rotatable bonds is 18. The first-order valence-electron chi connectivity index (χ1n) is 17.4. The van der Waals surface area contributed by atoms with Crippen molar-refractivity contribution in [3.63, 3.8) is 0 Å². The van der Waals surface area contributed by atoms with Crippen molar-refractivity contribution in [2.75, 3.05) is 52.0 Å². The van der Waals surface area contributed by atoms with Crippen LogP contribution in [0.2, 0.25) is 0 Å². The predicted octanol–water partition coefficient (Wildman–Crippen LogP) is 4.01. The van der Waals surface area contributed by atoms with Gasteiger partial charge >= 0.3 is 29.6 Å². The Morgan fingerprint density at radius 3 is 2.18 bits per heavy atom. The van der Waals surface area contributed by atoms with E-state index in [1.807, 2.05) is 0 Å². The average Bonchev–Trinajstić information content (AvgIpc) is 3.30. The van der Waals surface area contributed by atoms with E-state index >= 15 is 0 Å². The quantitative estimate of drug-likeness (QED) is 0.0960. The first-order chi connectivity index (χ1) is 20.4. The molecule has 0 bridgehead atoms. The molecule has 4 rings (SSSR count). The first kappa shape index (κ1) is 38.9. The zero-order valence-electron chi connectivity index (χ0n) is 28.8. The maximum absolute atomic E-state index is 10.5. The van der Waals surface area contributed by atoms with Gasteiger partial charge in [-0.1, -0.05) is 65.5 Å². The molecule has 7 nitrogen and oxygen atoms in total. The summed E-state index contributed by atoms with van der Waals surface area (Å²) in [6.45, 7) is 15.2. The van der Waals surface area contributed by atoms with Gasteiger partial charge < -0.3 is 23.5 Å². The zero-order chi connectivity index (χ0) is 31.1. The van der Waals surface area contributed by atoms with Crippen LogP contribution in [0.4, 0.5) is 0 Å². The van der Waals surface area contributed by atoms with E-state index in [-0.39, 0.29) is 42.8 Å².